The SMILES string of the molecule is CCNC(=NCCCCn1ccnc1C)NC(C)CCC(C)(C)C.I. The monoisotopic (exact) mass is 463 g/mol. The van der Waals surface area contributed by atoms with Crippen LogP contribution in [0.5, 0.6) is 0 Å². The largest absolute Gasteiger partial charge is 0.357 e. The van der Waals surface area contributed by atoms with Crippen molar-refractivity contribution in [2.75, 3.05) is 13.1 Å². The van der Waals surface area contributed by atoms with Crippen LogP contribution in [-0.4, -0.2) is 34.6 Å². The van der Waals surface area contributed by atoms with Crippen molar-refractivity contribution in [3.63, 3.8) is 0 Å². The Morgan fingerprint density at radius 3 is 2.60 bits per heavy atom. The smallest absolute Gasteiger partial charge is 0.191 e. The van der Waals surface area contributed by atoms with Gasteiger partial charge in [0, 0.05) is 38.1 Å². The van der Waals surface area contributed by atoms with Crippen molar-refractivity contribution in [2.24, 2.45) is 10.4 Å². The predicted octanol–water partition coefficient (Wildman–Crippen LogP) is 4.36. The van der Waals surface area contributed by atoms with E-state index in [-0.39, 0.29) is 24.0 Å². The molecule has 0 aliphatic heterocycles. The van der Waals surface area contributed by atoms with Gasteiger partial charge in [0.15, 0.2) is 5.96 Å². The average molecular weight is 463 g/mol. The first kappa shape index (κ1) is 24.2. The fourth-order valence-corrected chi connectivity index (χ4v) is 2.50. The molecule has 1 atom stereocenters. The summed E-state index contributed by atoms with van der Waals surface area (Å²) < 4.78 is 2.20. The molecule has 0 aromatic carbocycles. The lowest BCUT2D eigenvalue weighted by molar-refractivity contribution is 0.346. The van der Waals surface area contributed by atoms with E-state index in [0.717, 1.165) is 50.7 Å². The summed E-state index contributed by atoms with van der Waals surface area (Å²) in [4.78, 5) is 8.96. The van der Waals surface area contributed by atoms with Crippen LogP contribution in [-0.2, 0) is 6.54 Å². The highest BCUT2D eigenvalue weighted by Crippen LogP contribution is 2.21. The number of halogens is 1. The van der Waals surface area contributed by atoms with Crippen LogP contribution in [0.4, 0.5) is 0 Å². The third kappa shape index (κ3) is 11.4. The van der Waals surface area contributed by atoms with Gasteiger partial charge in [-0.15, -0.1) is 24.0 Å². The van der Waals surface area contributed by atoms with Crippen molar-refractivity contribution >= 4 is 29.9 Å². The molecule has 1 unspecified atom stereocenters. The molecule has 0 radical (unpaired) electrons. The van der Waals surface area contributed by atoms with E-state index in [0.29, 0.717) is 11.5 Å². The molecule has 0 saturated carbocycles. The van der Waals surface area contributed by atoms with Gasteiger partial charge >= 0.3 is 0 Å². The zero-order chi connectivity index (χ0) is 18.0. The molecule has 1 aromatic heterocycles. The van der Waals surface area contributed by atoms with Crippen molar-refractivity contribution < 1.29 is 0 Å². The fraction of sp³-hybridized carbons (Fsp3) is 0.789. The van der Waals surface area contributed by atoms with Gasteiger partial charge in [-0.3, -0.25) is 4.99 Å². The highest BCUT2D eigenvalue weighted by atomic mass is 127. The van der Waals surface area contributed by atoms with Gasteiger partial charge in [0.2, 0.25) is 0 Å². The van der Waals surface area contributed by atoms with E-state index in [1.807, 2.05) is 19.3 Å². The summed E-state index contributed by atoms with van der Waals surface area (Å²) in [6.45, 7) is 16.0. The van der Waals surface area contributed by atoms with Gasteiger partial charge < -0.3 is 15.2 Å². The van der Waals surface area contributed by atoms with Crippen LogP contribution in [0.1, 0.15) is 66.1 Å². The number of nitrogens with one attached hydrogen (secondary N) is 2. The zero-order valence-electron chi connectivity index (χ0n) is 16.9. The molecule has 6 heteroatoms. The molecule has 0 amide bonds. The number of rotatable bonds is 9. The summed E-state index contributed by atoms with van der Waals surface area (Å²) in [6.07, 6.45) is 8.49. The van der Waals surface area contributed by atoms with E-state index < -0.39 is 0 Å². The van der Waals surface area contributed by atoms with Crippen molar-refractivity contribution in [2.45, 2.75) is 79.8 Å². The van der Waals surface area contributed by atoms with Gasteiger partial charge in [0.25, 0.3) is 0 Å². The van der Waals surface area contributed by atoms with Crippen LogP contribution in [0.2, 0.25) is 0 Å². The number of aromatic nitrogens is 2. The molecule has 0 aliphatic carbocycles. The highest BCUT2D eigenvalue weighted by Gasteiger charge is 2.13. The van der Waals surface area contributed by atoms with Crippen molar-refractivity contribution in [3.05, 3.63) is 18.2 Å². The molecule has 0 aliphatic rings. The Morgan fingerprint density at radius 2 is 2.04 bits per heavy atom. The average Bonchev–Trinajstić information content (AvgIpc) is 2.89. The maximum Gasteiger partial charge on any atom is 0.191 e. The minimum Gasteiger partial charge on any atom is -0.357 e. The number of aliphatic imine (C=N–C) groups is 1. The first-order chi connectivity index (χ1) is 11.3. The second kappa shape index (κ2) is 12.5. The molecule has 146 valence electrons. The minimum atomic E-state index is 0. The van der Waals surface area contributed by atoms with Gasteiger partial charge in [0.1, 0.15) is 5.82 Å². The number of hydrogen-bond acceptors (Lipinski definition) is 2. The van der Waals surface area contributed by atoms with E-state index in [4.69, 9.17) is 4.99 Å². The van der Waals surface area contributed by atoms with Crippen molar-refractivity contribution in [3.8, 4) is 0 Å². The third-order valence-electron chi connectivity index (χ3n) is 4.06. The van der Waals surface area contributed by atoms with Crippen LogP contribution in [0, 0.1) is 12.3 Å². The van der Waals surface area contributed by atoms with Crippen molar-refractivity contribution in [1.29, 1.82) is 0 Å². The van der Waals surface area contributed by atoms with E-state index in [1.54, 1.807) is 0 Å². The quantitative estimate of drug-likeness (QED) is 0.248. The Hall–Kier alpha value is -0.790. The number of nitrogens with zero attached hydrogens (tertiary/aromatic N) is 3. The highest BCUT2D eigenvalue weighted by molar-refractivity contribution is 14.0. The molecular weight excluding hydrogens is 425 g/mol. The number of hydrogen-bond donors (Lipinski definition) is 2. The van der Waals surface area contributed by atoms with E-state index >= 15 is 0 Å². The molecule has 1 aromatic rings. The molecular formula is C19H38IN5. The minimum absolute atomic E-state index is 0. The molecule has 5 nitrogen and oxygen atoms in total. The summed E-state index contributed by atoms with van der Waals surface area (Å²) in [6, 6.07) is 0.440. The number of imidazole rings is 1. The first-order valence-electron chi connectivity index (χ1n) is 9.34. The second-order valence-corrected chi connectivity index (χ2v) is 7.78. The Morgan fingerprint density at radius 1 is 1.32 bits per heavy atom. The maximum atomic E-state index is 4.71. The Labute approximate surface area is 171 Å². The van der Waals surface area contributed by atoms with Crippen LogP contribution < -0.4 is 10.6 Å². The summed E-state index contributed by atoms with van der Waals surface area (Å²) >= 11 is 0. The first-order valence-corrected chi connectivity index (χ1v) is 9.34. The van der Waals surface area contributed by atoms with Gasteiger partial charge in [-0.2, -0.15) is 0 Å². The summed E-state index contributed by atoms with van der Waals surface area (Å²) in [5.74, 6) is 2.03. The van der Waals surface area contributed by atoms with Crippen LogP contribution in [0.15, 0.2) is 17.4 Å². The molecule has 1 heterocycles. The molecule has 0 saturated heterocycles. The fourth-order valence-electron chi connectivity index (χ4n) is 2.50. The molecule has 0 fully saturated rings. The Balaban J connectivity index is 0.00000576. The van der Waals surface area contributed by atoms with Crippen LogP contribution >= 0.6 is 24.0 Å². The van der Waals surface area contributed by atoms with E-state index in [1.165, 1.54) is 6.42 Å². The summed E-state index contributed by atoms with van der Waals surface area (Å²) in [5.41, 5.74) is 0.386. The summed E-state index contributed by atoms with van der Waals surface area (Å²) in [5, 5.41) is 6.88. The number of unbranched alkanes of at least 4 members (excludes halogenated alkanes) is 1. The van der Waals surface area contributed by atoms with Crippen LogP contribution in [0.25, 0.3) is 0 Å². The van der Waals surface area contributed by atoms with Gasteiger partial charge in [-0.1, -0.05) is 20.8 Å². The molecule has 25 heavy (non-hydrogen) atoms. The topological polar surface area (TPSA) is 54.2 Å². The normalized spacial score (nSPS) is 13.3. The number of aryl methyl sites for hydroxylation is 2. The molecule has 2 N–H and O–H groups in total. The third-order valence-corrected chi connectivity index (χ3v) is 4.06. The molecule has 0 spiro atoms. The standard InChI is InChI=1S/C19H37N5.HI/c1-7-20-18(23-16(2)10-11-19(4,5)6)22-12-8-9-14-24-15-13-21-17(24)3;/h13,15-16H,7-12,14H2,1-6H3,(H2,20,22,23);1H. The second-order valence-electron chi connectivity index (χ2n) is 7.78. The maximum absolute atomic E-state index is 4.71. The van der Waals surface area contributed by atoms with Crippen LogP contribution in [0.3, 0.4) is 0 Å². The lowest BCUT2D eigenvalue weighted by Crippen LogP contribution is -2.42. The van der Waals surface area contributed by atoms with Crippen molar-refractivity contribution in [1.82, 2.24) is 20.2 Å². The van der Waals surface area contributed by atoms with Gasteiger partial charge in [-0.05, 0) is 51.9 Å². The summed E-state index contributed by atoms with van der Waals surface area (Å²) in [7, 11) is 0. The predicted molar refractivity (Wildman–Crippen MR) is 119 cm³/mol. The zero-order valence-corrected chi connectivity index (χ0v) is 19.3. The Kier molecular flexibility index (Phi) is 12.1. The number of guanidine groups is 1. The lowest BCUT2D eigenvalue weighted by Gasteiger charge is -2.23. The van der Waals surface area contributed by atoms with Gasteiger partial charge in [-0.25, -0.2) is 4.98 Å². The molecule has 1 rings (SSSR count). The molecule has 0 bridgehead atoms. The van der Waals surface area contributed by atoms with Gasteiger partial charge in [0.05, 0.1) is 0 Å². The van der Waals surface area contributed by atoms with E-state index in [9.17, 15) is 0 Å². The van der Waals surface area contributed by atoms with E-state index in [2.05, 4.69) is 54.8 Å². The lowest BCUT2D eigenvalue weighted by atomic mass is 9.89. The Bertz CT molecular complexity index is 490.